The lowest BCUT2D eigenvalue weighted by Gasteiger charge is -2.38. The van der Waals surface area contributed by atoms with Crippen LogP contribution in [0.5, 0.6) is 0 Å². The molecule has 1 aliphatic rings. The molecular weight excluding hydrogens is 413 g/mol. The van der Waals surface area contributed by atoms with E-state index in [-0.39, 0.29) is 6.54 Å². The monoisotopic (exact) mass is 426 g/mol. The number of aromatic nitrogens is 1. The van der Waals surface area contributed by atoms with E-state index in [9.17, 15) is 22.8 Å². The Hall–Kier alpha value is -2.32. The summed E-state index contributed by atoms with van der Waals surface area (Å²) in [5, 5.41) is 2.50. The SMILES string of the molecule is O=C(Cn1ccc2scc(-c3ccc(Cl)c(CF)c3)c2c1=O)N1CC(F)(F)C1. The van der Waals surface area contributed by atoms with Gasteiger partial charge in [-0.1, -0.05) is 17.7 Å². The van der Waals surface area contributed by atoms with Crippen LogP contribution < -0.4 is 5.56 Å². The maximum atomic E-state index is 13.1. The molecule has 3 aromatic rings. The molecule has 1 fully saturated rings. The second kappa shape index (κ2) is 6.93. The molecule has 4 nitrogen and oxygen atoms in total. The molecule has 4 rings (SSSR count). The van der Waals surface area contributed by atoms with Crippen LogP contribution in [0.4, 0.5) is 13.2 Å². The van der Waals surface area contributed by atoms with E-state index in [1.807, 2.05) is 0 Å². The summed E-state index contributed by atoms with van der Waals surface area (Å²) in [6.45, 7) is -2.28. The van der Waals surface area contributed by atoms with Crippen LogP contribution in [-0.4, -0.2) is 34.4 Å². The molecule has 1 amide bonds. The predicted octanol–water partition coefficient (Wildman–Crippen LogP) is 4.33. The Balaban J connectivity index is 1.70. The highest BCUT2D eigenvalue weighted by atomic mass is 35.5. The maximum absolute atomic E-state index is 13.1. The molecule has 0 N–H and O–H groups in total. The molecule has 0 atom stereocenters. The van der Waals surface area contributed by atoms with Crippen molar-refractivity contribution in [1.82, 2.24) is 9.47 Å². The third-order valence-corrected chi connectivity index (χ3v) is 6.02. The number of halogens is 4. The summed E-state index contributed by atoms with van der Waals surface area (Å²) in [5.41, 5.74) is 1.19. The second-order valence-electron chi connectivity index (χ2n) is 6.68. The zero-order valence-corrected chi connectivity index (χ0v) is 16.0. The number of hydrogen-bond acceptors (Lipinski definition) is 3. The van der Waals surface area contributed by atoms with E-state index in [1.165, 1.54) is 22.1 Å². The van der Waals surface area contributed by atoms with Crippen LogP contribution in [0, 0.1) is 0 Å². The van der Waals surface area contributed by atoms with E-state index in [2.05, 4.69) is 0 Å². The predicted molar refractivity (Wildman–Crippen MR) is 103 cm³/mol. The summed E-state index contributed by atoms with van der Waals surface area (Å²) in [6, 6.07) is 6.57. The Morgan fingerprint density at radius 1 is 1.25 bits per heavy atom. The van der Waals surface area contributed by atoms with E-state index in [0.29, 0.717) is 27.1 Å². The van der Waals surface area contributed by atoms with Gasteiger partial charge in [0, 0.05) is 32.4 Å². The highest BCUT2D eigenvalue weighted by Crippen LogP contribution is 2.34. The standard InChI is InChI=1S/C19H14ClF3N2O2S/c20-14-2-1-11(5-12(14)6-21)13-8-28-15-3-4-24(18(27)17(13)15)7-16(26)25-9-19(22,23)10-25/h1-5,8H,6-7,9-10H2. The van der Waals surface area contributed by atoms with Crippen LogP contribution in [0.1, 0.15) is 5.56 Å². The summed E-state index contributed by atoms with van der Waals surface area (Å²) >= 11 is 7.32. The highest BCUT2D eigenvalue weighted by molar-refractivity contribution is 7.17. The minimum atomic E-state index is -2.85. The van der Waals surface area contributed by atoms with Crippen molar-refractivity contribution >= 4 is 38.9 Å². The van der Waals surface area contributed by atoms with Crippen LogP contribution in [-0.2, 0) is 18.0 Å². The number of carbonyl (C=O) groups excluding carboxylic acids is 1. The van der Waals surface area contributed by atoms with Gasteiger partial charge in [-0.05, 0) is 23.8 Å². The molecule has 0 unspecified atom stereocenters. The van der Waals surface area contributed by atoms with E-state index >= 15 is 0 Å². The topological polar surface area (TPSA) is 42.3 Å². The number of thiophene rings is 1. The van der Waals surface area contributed by atoms with Crippen molar-refractivity contribution in [2.75, 3.05) is 13.1 Å². The maximum Gasteiger partial charge on any atom is 0.282 e. The minimum Gasteiger partial charge on any atom is -0.329 e. The molecule has 0 bridgehead atoms. The number of carbonyl (C=O) groups is 1. The molecule has 0 saturated carbocycles. The Morgan fingerprint density at radius 2 is 2.00 bits per heavy atom. The van der Waals surface area contributed by atoms with Gasteiger partial charge >= 0.3 is 0 Å². The normalized spacial score (nSPS) is 15.6. The van der Waals surface area contributed by atoms with E-state index in [4.69, 9.17) is 11.6 Å². The van der Waals surface area contributed by atoms with Gasteiger partial charge in [0.25, 0.3) is 11.5 Å². The zero-order chi connectivity index (χ0) is 20.1. The van der Waals surface area contributed by atoms with Crippen molar-refractivity contribution in [3.63, 3.8) is 0 Å². The molecule has 0 radical (unpaired) electrons. The van der Waals surface area contributed by atoms with E-state index in [1.54, 1.807) is 29.6 Å². The largest absolute Gasteiger partial charge is 0.329 e. The third-order valence-electron chi connectivity index (χ3n) is 4.70. The number of pyridine rings is 1. The van der Waals surface area contributed by atoms with Gasteiger partial charge in [0.1, 0.15) is 13.2 Å². The zero-order valence-electron chi connectivity index (χ0n) is 14.4. The minimum absolute atomic E-state index is 0.306. The molecule has 1 saturated heterocycles. The van der Waals surface area contributed by atoms with Crippen LogP contribution in [0.15, 0.2) is 40.6 Å². The number of benzene rings is 1. The number of amides is 1. The summed E-state index contributed by atoms with van der Waals surface area (Å²) in [6.07, 6.45) is 1.48. The van der Waals surface area contributed by atoms with Crippen LogP contribution >= 0.6 is 22.9 Å². The Labute approximate surface area is 166 Å². The molecule has 2 aromatic heterocycles. The average Bonchev–Trinajstić information content (AvgIpc) is 3.07. The fourth-order valence-corrected chi connectivity index (χ4v) is 4.32. The summed E-state index contributed by atoms with van der Waals surface area (Å²) in [4.78, 5) is 26.1. The van der Waals surface area contributed by atoms with E-state index < -0.39 is 37.2 Å². The van der Waals surface area contributed by atoms with Crippen molar-refractivity contribution < 1.29 is 18.0 Å². The summed E-state index contributed by atoms with van der Waals surface area (Å²) in [7, 11) is 0. The lowest BCUT2D eigenvalue weighted by Crippen LogP contribution is -2.59. The van der Waals surface area contributed by atoms with Gasteiger partial charge in [-0.3, -0.25) is 9.59 Å². The number of hydrogen-bond donors (Lipinski definition) is 0. The Kier molecular flexibility index (Phi) is 4.71. The number of alkyl halides is 3. The molecular formula is C19H14ClF3N2O2S. The average molecular weight is 427 g/mol. The first kappa shape index (κ1) is 19.0. The summed E-state index contributed by atoms with van der Waals surface area (Å²) in [5.74, 6) is -3.39. The molecule has 146 valence electrons. The Morgan fingerprint density at radius 3 is 2.68 bits per heavy atom. The number of fused-ring (bicyclic) bond motifs is 1. The third kappa shape index (κ3) is 3.31. The number of nitrogens with zero attached hydrogens (tertiary/aromatic N) is 2. The smallest absolute Gasteiger partial charge is 0.282 e. The van der Waals surface area contributed by atoms with Crippen molar-refractivity contribution in [3.8, 4) is 11.1 Å². The number of rotatable bonds is 4. The van der Waals surface area contributed by atoms with Gasteiger partial charge in [-0.15, -0.1) is 11.3 Å². The first-order valence-corrected chi connectivity index (χ1v) is 9.66. The first-order chi connectivity index (χ1) is 13.3. The molecule has 3 heterocycles. The fraction of sp³-hybridized carbons (Fsp3) is 0.263. The molecule has 28 heavy (non-hydrogen) atoms. The summed E-state index contributed by atoms with van der Waals surface area (Å²) < 4.78 is 41.0. The van der Waals surface area contributed by atoms with Crippen LogP contribution in [0.25, 0.3) is 21.2 Å². The second-order valence-corrected chi connectivity index (χ2v) is 8.00. The molecule has 9 heteroatoms. The van der Waals surface area contributed by atoms with Gasteiger partial charge in [0.2, 0.25) is 5.91 Å². The highest BCUT2D eigenvalue weighted by Gasteiger charge is 2.46. The molecule has 0 aliphatic carbocycles. The molecule has 1 aromatic carbocycles. The van der Waals surface area contributed by atoms with Gasteiger partial charge in [0.15, 0.2) is 0 Å². The van der Waals surface area contributed by atoms with Crippen LogP contribution in [0.2, 0.25) is 5.02 Å². The molecule has 1 aliphatic heterocycles. The fourth-order valence-electron chi connectivity index (χ4n) is 3.20. The van der Waals surface area contributed by atoms with Gasteiger partial charge < -0.3 is 9.47 Å². The van der Waals surface area contributed by atoms with Crippen molar-refractivity contribution in [2.45, 2.75) is 19.1 Å². The van der Waals surface area contributed by atoms with E-state index in [0.717, 1.165) is 9.60 Å². The quantitative estimate of drug-likeness (QED) is 0.623. The van der Waals surface area contributed by atoms with Crippen molar-refractivity contribution in [2.24, 2.45) is 0 Å². The van der Waals surface area contributed by atoms with Gasteiger partial charge in [-0.25, -0.2) is 13.2 Å². The molecule has 0 spiro atoms. The number of likely N-dealkylation sites (tertiary alicyclic amines) is 1. The van der Waals surface area contributed by atoms with Gasteiger partial charge in [-0.2, -0.15) is 0 Å². The van der Waals surface area contributed by atoms with Crippen LogP contribution in [0.3, 0.4) is 0 Å². The van der Waals surface area contributed by atoms with Crippen molar-refractivity contribution in [3.05, 3.63) is 56.8 Å². The lowest BCUT2D eigenvalue weighted by atomic mass is 10.0. The lowest BCUT2D eigenvalue weighted by molar-refractivity contribution is -0.166. The Bertz CT molecular complexity index is 1130. The van der Waals surface area contributed by atoms with Crippen molar-refractivity contribution in [1.29, 1.82) is 0 Å². The van der Waals surface area contributed by atoms with Gasteiger partial charge in [0.05, 0.1) is 18.5 Å². The first-order valence-electron chi connectivity index (χ1n) is 8.40.